The summed E-state index contributed by atoms with van der Waals surface area (Å²) in [6.45, 7) is 3.86. The highest BCUT2D eigenvalue weighted by Gasteiger charge is 2.50. The van der Waals surface area contributed by atoms with E-state index in [1.54, 1.807) is 0 Å². The maximum atomic E-state index is 13.6. The number of hydrogen-bond donors (Lipinski definition) is 3. The van der Waals surface area contributed by atoms with Gasteiger partial charge in [0.25, 0.3) is 0 Å². The third-order valence-electron chi connectivity index (χ3n) is 6.97. The first-order valence-electron chi connectivity index (χ1n) is 11.3. The minimum atomic E-state index is -0.988. The largest absolute Gasteiger partial charge is 0.480 e. The lowest BCUT2D eigenvalue weighted by Gasteiger charge is -2.28. The number of H-pyrrole nitrogens is 2. The molecule has 162 valence electrons. The molecule has 3 aromatic rings. The average molecular weight is 421 g/mol. The Kier molecular flexibility index (Phi) is 4.64. The second-order valence-electron chi connectivity index (χ2n) is 8.88. The van der Waals surface area contributed by atoms with Crippen LogP contribution in [-0.4, -0.2) is 38.7 Å². The van der Waals surface area contributed by atoms with Gasteiger partial charge in [0.05, 0.1) is 23.0 Å². The van der Waals surface area contributed by atoms with Crippen LogP contribution in [0.3, 0.4) is 0 Å². The minimum absolute atomic E-state index is 0.0665. The van der Waals surface area contributed by atoms with Crippen LogP contribution in [0.1, 0.15) is 62.6 Å². The lowest BCUT2D eigenvalue weighted by molar-refractivity contribution is -0.137. The lowest BCUT2D eigenvalue weighted by atomic mass is 9.74. The molecule has 0 saturated carbocycles. The van der Waals surface area contributed by atoms with Crippen molar-refractivity contribution in [1.29, 1.82) is 0 Å². The third kappa shape index (κ3) is 2.82. The van der Waals surface area contributed by atoms with E-state index in [2.05, 4.69) is 41.2 Å². The number of carbonyl (C=O) groups is 2. The number of benzene rings is 1. The molecule has 1 aliphatic heterocycles. The molecular formula is C24H28N4O3. The molecular weight excluding hydrogens is 392 g/mol. The van der Waals surface area contributed by atoms with E-state index in [-0.39, 0.29) is 12.5 Å². The van der Waals surface area contributed by atoms with Gasteiger partial charge in [-0.25, -0.2) is 0 Å². The molecule has 0 saturated heterocycles. The van der Waals surface area contributed by atoms with Gasteiger partial charge < -0.3 is 15.0 Å². The fourth-order valence-corrected chi connectivity index (χ4v) is 5.78. The predicted octanol–water partition coefficient (Wildman–Crippen LogP) is 4.32. The highest BCUT2D eigenvalue weighted by molar-refractivity contribution is 6.12. The van der Waals surface area contributed by atoms with E-state index in [1.807, 2.05) is 6.20 Å². The standard InChI is InChI=1S/C24H28N4O3/c1-3-8-24(9-4-2)17-11-18-16(10-19(17)28(23(24)31)13-20(29)30)15-7-5-6-14-12-25-27-21(14)22(15)26-18/h10-12,26H,3-9,13H2,1-2H3,(H,25,27)(H,29,30). The summed E-state index contributed by atoms with van der Waals surface area (Å²) >= 11 is 0. The Labute approximate surface area is 180 Å². The zero-order valence-electron chi connectivity index (χ0n) is 18.0. The molecule has 0 bridgehead atoms. The van der Waals surface area contributed by atoms with Crippen molar-refractivity contribution in [2.24, 2.45) is 0 Å². The van der Waals surface area contributed by atoms with Crippen molar-refractivity contribution in [3.05, 3.63) is 35.0 Å². The Bertz CT molecular complexity index is 1180. The summed E-state index contributed by atoms with van der Waals surface area (Å²) in [5.74, 6) is -1.05. The summed E-state index contributed by atoms with van der Waals surface area (Å²) in [6.07, 6.45) is 8.00. The molecule has 0 unspecified atom stereocenters. The van der Waals surface area contributed by atoms with Gasteiger partial charge in [0.15, 0.2) is 0 Å². The maximum Gasteiger partial charge on any atom is 0.323 e. The summed E-state index contributed by atoms with van der Waals surface area (Å²) in [6, 6.07) is 4.16. The molecule has 3 heterocycles. The number of carbonyl (C=O) groups excluding carboxylic acids is 1. The van der Waals surface area contributed by atoms with Gasteiger partial charge in [-0.3, -0.25) is 14.7 Å². The number of hydrogen-bond acceptors (Lipinski definition) is 3. The zero-order chi connectivity index (χ0) is 21.8. The minimum Gasteiger partial charge on any atom is -0.480 e. The number of carboxylic acid groups (broad SMARTS) is 1. The summed E-state index contributed by atoms with van der Waals surface area (Å²) in [7, 11) is 0. The highest BCUT2D eigenvalue weighted by Crippen LogP contribution is 2.50. The summed E-state index contributed by atoms with van der Waals surface area (Å²) in [4.78, 5) is 30.3. The smallest absolute Gasteiger partial charge is 0.323 e. The first kappa shape index (κ1) is 19.8. The average Bonchev–Trinajstić information content (AvgIpc) is 3.36. The topological polar surface area (TPSA) is 102 Å². The van der Waals surface area contributed by atoms with E-state index in [4.69, 9.17) is 0 Å². The molecule has 7 nitrogen and oxygen atoms in total. The fourth-order valence-electron chi connectivity index (χ4n) is 5.78. The van der Waals surface area contributed by atoms with Gasteiger partial charge in [-0.15, -0.1) is 0 Å². The SMILES string of the molecule is CCCC1(CCC)C(=O)N(CC(=O)O)c2cc3c4c([nH]c3cc21)-c1[nH]ncc1CCC4. The molecule has 31 heavy (non-hydrogen) atoms. The van der Waals surface area contributed by atoms with Crippen molar-refractivity contribution < 1.29 is 14.7 Å². The number of aryl methyl sites for hydroxylation is 2. The summed E-state index contributed by atoms with van der Waals surface area (Å²) < 4.78 is 0. The fraction of sp³-hybridized carbons (Fsp3) is 0.458. The normalized spacial score (nSPS) is 16.8. The molecule has 1 amide bonds. The van der Waals surface area contributed by atoms with Crippen LogP contribution in [-0.2, 0) is 27.8 Å². The monoisotopic (exact) mass is 420 g/mol. The van der Waals surface area contributed by atoms with Crippen LogP contribution in [0.25, 0.3) is 22.3 Å². The number of aromatic amines is 2. The molecule has 1 aromatic carbocycles. The molecule has 7 heteroatoms. The van der Waals surface area contributed by atoms with E-state index in [0.717, 1.165) is 78.5 Å². The second-order valence-corrected chi connectivity index (χ2v) is 8.88. The van der Waals surface area contributed by atoms with Crippen LogP contribution >= 0.6 is 0 Å². The second kappa shape index (κ2) is 7.25. The van der Waals surface area contributed by atoms with Crippen LogP contribution in [0.4, 0.5) is 5.69 Å². The molecule has 2 aliphatic rings. The van der Waals surface area contributed by atoms with Crippen molar-refractivity contribution in [3.63, 3.8) is 0 Å². The quantitative estimate of drug-likeness (QED) is 0.553. The Morgan fingerprint density at radius 3 is 2.68 bits per heavy atom. The number of anilines is 1. The van der Waals surface area contributed by atoms with Crippen molar-refractivity contribution in [1.82, 2.24) is 15.2 Å². The van der Waals surface area contributed by atoms with Crippen LogP contribution < -0.4 is 4.90 Å². The van der Waals surface area contributed by atoms with Crippen LogP contribution in [0.15, 0.2) is 18.3 Å². The summed E-state index contributed by atoms with van der Waals surface area (Å²) in [5.41, 5.74) is 6.62. The molecule has 0 radical (unpaired) electrons. The first-order chi connectivity index (χ1) is 15.0. The maximum absolute atomic E-state index is 13.6. The molecule has 0 atom stereocenters. The van der Waals surface area contributed by atoms with E-state index >= 15 is 0 Å². The molecule has 3 N–H and O–H groups in total. The lowest BCUT2D eigenvalue weighted by Crippen LogP contribution is -2.42. The van der Waals surface area contributed by atoms with Crippen molar-refractivity contribution in [3.8, 4) is 11.4 Å². The van der Waals surface area contributed by atoms with Crippen molar-refractivity contribution >= 4 is 28.5 Å². The van der Waals surface area contributed by atoms with Crippen LogP contribution in [0, 0.1) is 0 Å². The van der Waals surface area contributed by atoms with Crippen LogP contribution in [0.5, 0.6) is 0 Å². The number of amides is 1. The highest BCUT2D eigenvalue weighted by atomic mass is 16.4. The van der Waals surface area contributed by atoms with Gasteiger partial charge in [0.1, 0.15) is 6.54 Å². The number of carboxylic acids is 1. The number of rotatable bonds is 6. The van der Waals surface area contributed by atoms with E-state index in [1.165, 1.54) is 16.0 Å². The van der Waals surface area contributed by atoms with Gasteiger partial charge in [0.2, 0.25) is 5.91 Å². The van der Waals surface area contributed by atoms with Gasteiger partial charge in [0, 0.05) is 16.6 Å². The predicted molar refractivity (Wildman–Crippen MR) is 119 cm³/mol. The van der Waals surface area contributed by atoms with Crippen molar-refractivity contribution in [2.75, 3.05) is 11.4 Å². The number of nitrogens with zero attached hydrogens (tertiary/aromatic N) is 2. The molecule has 2 aromatic heterocycles. The molecule has 1 aliphatic carbocycles. The Hall–Kier alpha value is -3.09. The van der Waals surface area contributed by atoms with Gasteiger partial charge in [-0.1, -0.05) is 26.7 Å². The Morgan fingerprint density at radius 1 is 1.19 bits per heavy atom. The molecule has 0 spiro atoms. The first-order valence-corrected chi connectivity index (χ1v) is 11.3. The number of fused-ring (bicyclic) bond motifs is 6. The third-order valence-corrected chi connectivity index (χ3v) is 6.97. The Balaban J connectivity index is 1.76. The van der Waals surface area contributed by atoms with Gasteiger partial charge in [-0.05, 0) is 60.9 Å². The number of nitrogens with one attached hydrogen (secondary N) is 2. The van der Waals surface area contributed by atoms with Crippen LogP contribution in [0.2, 0.25) is 0 Å². The zero-order valence-corrected chi connectivity index (χ0v) is 18.0. The number of aromatic nitrogens is 3. The van der Waals surface area contributed by atoms with Gasteiger partial charge >= 0.3 is 5.97 Å². The molecule has 5 rings (SSSR count). The van der Waals surface area contributed by atoms with Gasteiger partial charge in [-0.2, -0.15) is 5.10 Å². The van der Waals surface area contributed by atoms with E-state index in [0.29, 0.717) is 0 Å². The Morgan fingerprint density at radius 2 is 1.97 bits per heavy atom. The summed E-state index contributed by atoms with van der Waals surface area (Å²) in [5, 5.41) is 18.0. The molecule has 0 fully saturated rings. The number of aliphatic carboxylic acids is 1. The van der Waals surface area contributed by atoms with E-state index in [9.17, 15) is 14.7 Å². The van der Waals surface area contributed by atoms with Crippen molar-refractivity contribution in [2.45, 2.75) is 64.2 Å². The van der Waals surface area contributed by atoms with E-state index < -0.39 is 11.4 Å².